The van der Waals surface area contributed by atoms with E-state index in [1.165, 1.54) is 24.0 Å². The van der Waals surface area contributed by atoms with E-state index in [1.807, 2.05) is 0 Å². The molecule has 3 nitrogen and oxygen atoms in total. The number of amides is 1. The van der Waals surface area contributed by atoms with Crippen LogP contribution in [0.2, 0.25) is 0 Å². The van der Waals surface area contributed by atoms with Crippen LogP contribution in [-0.2, 0) is 11.3 Å². The maximum absolute atomic E-state index is 11.4. The Balaban J connectivity index is 1.65. The monoisotopic (exact) mass is 260 g/mol. The molecule has 1 aromatic rings. The number of carbonyl (C=O) groups excluding carboxylic acids is 1. The van der Waals surface area contributed by atoms with E-state index in [1.54, 1.807) is 0 Å². The van der Waals surface area contributed by atoms with Gasteiger partial charge in [-0.05, 0) is 36.3 Å². The van der Waals surface area contributed by atoms with Gasteiger partial charge in [0.2, 0.25) is 5.91 Å². The number of hydrogen-bond acceptors (Lipinski definition) is 2. The van der Waals surface area contributed by atoms with Crippen molar-refractivity contribution in [1.29, 1.82) is 0 Å². The van der Waals surface area contributed by atoms with Gasteiger partial charge < -0.3 is 10.6 Å². The first-order chi connectivity index (χ1) is 9.29. The third-order valence-corrected chi connectivity index (χ3v) is 3.43. The van der Waals surface area contributed by atoms with Gasteiger partial charge in [-0.15, -0.1) is 0 Å². The minimum atomic E-state index is 0.140. The number of carbonyl (C=O) groups is 1. The second-order valence-electron chi connectivity index (χ2n) is 5.30. The van der Waals surface area contributed by atoms with Gasteiger partial charge in [-0.2, -0.15) is 0 Å². The zero-order valence-corrected chi connectivity index (χ0v) is 11.7. The average Bonchev–Trinajstić information content (AvgIpc) is 3.26. The van der Waals surface area contributed by atoms with E-state index in [4.69, 9.17) is 0 Å². The van der Waals surface area contributed by atoms with Crippen LogP contribution in [0.15, 0.2) is 24.3 Å². The van der Waals surface area contributed by atoms with E-state index in [0.717, 1.165) is 32.0 Å². The summed E-state index contributed by atoms with van der Waals surface area (Å²) in [5.41, 5.74) is 2.79. The quantitative estimate of drug-likeness (QED) is 0.705. The highest BCUT2D eigenvalue weighted by Crippen LogP contribution is 2.40. The van der Waals surface area contributed by atoms with E-state index in [0.29, 0.717) is 6.42 Å². The van der Waals surface area contributed by atoms with E-state index in [9.17, 15) is 4.79 Å². The van der Waals surface area contributed by atoms with Gasteiger partial charge >= 0.3 is 0 Å². The van der Waals surface area contributed by atoms with Crippen molar-refractivity contribution in [2.75, 3.05) is 13.1 Å². The molecule has 0 bridgehead atoms. The Morgan fingerprint density at radius 2 is 2.16 bits per heavy atom. The van der Waals surface area contributed by atoms with Crippen molar-refractivity contribution in [1.82, 2.24) is 10.6 Å². The smallest absolute Gasteiger partial charge is 0.221 e. The fourth-order valence-corrected chi connectivity index (χ4v) is 2.16. The van der Waals surface area contributed by atoms with E-state index >= 15 is 0 Å². The van der Waals surface area contributed by atoms with Crippen molar-refractivity contribution in [3.8, 4) is 0 Å². The molecule has 1 amide bonds. The van der Waals surface area contributed by atoms with Crippen molar-refractivity contribution in [2.24, 2.45) is 0 Å². The van der Waals surface area contributed by atoms with Crippen LogP contribution in [0.25, 0.3) is 0 Å². The number of benzene rings is 1. The Morgan fingerprint density at radius 3 is 2.89 bits per heavy atom. The summed E-state index contributed by atoms with van der Waals surface area (Å²) in [5, 5.41) is 6.22. The van der Waals surface area contributed by atoms with Crippen molar-refractivity contribution < 1.29 is 4.79 Å². The summed E-state index contributed by atoms with van der Waals surface area (Å²) in [4.78, 5) is 11.4. The second-order valence-corrected chi connectivity index (χ2v) is 5.30. The predicted octanol–water partition coefficient (Wildman–Crippen LogP) is 2.57. The van der Waals surface area contributed by atoms with Gasteiger partial charge in [0.25, 0.3) is 0 Å². The van der Waals surface area contributed by atoms with Gasteiger partial charge in [0, 0.05) is 26.1 Å². The molecule has 0 radical (unpaired) electrons. The van der Waals surface area contributed by atoms with Crippen molar-refractivity contribution in [2.45, 2.75) is 45.1 Å². The van der Waals surface area contributed by atoms with Crippen molar-refractivity contribution >= 4 is 5.91 Å². The highest BCUT2D eigenvalue weighted by atomic mass is 16.1. The Kier molecular flexibility index (Phi) is 5.40. The molecule has 1 aliphatic carbocycles. The number of hydrogen-bond donors (Lipinski definition) is 2. The van der Waals surface area contributed by atoms with Crippen molar-refractivity contribution in [3.63, 3.8) is 0 Å². The maximum Gasteiger partial charge on any atom is 0.221 e. The van der Waals surface area contributed by atoms with E-state index in [2.05, 4.69) is 41.8 Å². The third-order valence-electron chi connectivity index (χ3n) is 3.43. The van der Waals surface area contributed by atoms with Crippen LogP contribution in [0.3, 0.4) is 0 Å². The first-order valence-electron chi connectivity index (χ1n) is 7.36. The van der Waals surface area contributed by atoms with Crippen molar-refractivity contribution in [3.05, 3.63) is 35.4 Å². The lowest BCUT2D eigenvalue weighted by molar-refractivity contribution is -0.120. The van der Waals surface area contributed by atoms with E-state index in [-0.39, 0.29) is 5.91 Å². The minimum absolute atomic E-state index is 0.140. The van der Waals surface area contributed by atoms with Crippen LogP contribution in [0.4, 0.5) is 0 Å². The molecule has 0 atom stereocenters. The van der Waals surface area contributed by atoms with Gasteiger partial charge in [0.1, 0.15) is 0 Å². The van der Waals surface area contributed by atoms with Gasteiger partial charge in [0.05, 0.1) is 0 Å². The van der Waals surface area contributed by atoms with Gasteiger partial charge in [-0.25, -0.2) is 0 Å². The summed E-state index contributed by atoms with van der Waals surface area (Å²) in [6.45, 7) is 4.43. The minimum Gasteiger partial charge on any atom is -0.356 e. The Morgan fingerprint density at radius 1 is 1.32 bits per heavy atom. The number of nitrogens with one attached hydrogen (secondary N) is 2. The van der Waals surface area contributed by atoms with Crippen LogP contribution in [0.1, 0.15) is 49.7 Å². The molecule has 0 heterocycles. The lowest BCUT2D eigenvalue weighted by Crippen LogP contribution is -2.28. The molecule has 19 heavy (non-hydrogen) atoms. The summed E-state index contributed by atoms with van der Waals surface area (Å²) in [6.07, 6.45) is 4.23. The zero-order chi connectivity index (χ0) is 13.5. The molecule has 104 valence electrons. The van der Waals surface area contributed by atoms with Crippen LogP contribution in [-0.4, -0.2) is 19.0 Å². The lowest BCUT2D eigenvalue weighted by atomic mass is 10.1. The zero-order valence-electron chi connectivity index (χ0n) is 11.7. The summed E-state index contributed by atoms with van der Waals surface area (Å²) in [7, 11) is 0. The Labute approximate surface area is 115 Å². The summed E-state index contributed by atoms with van der Waals surface area (Å²) >= 11 is 0. The highest BCUT2D eigenvalue weighted by molar-refractivity contribution is 5.75. The first-order valence-corrected chi connectivity index (χ1v) is 7.36. The molecular weight excluding hydrogens is 236 g/mol. The molecule has 1 fully saturated rings. The molecule has 1 saturated carbocycles. The molecule has 2 N–H and O–H groups in total. The maximum atomic E-state index is 11.4. The van der Waals surface area contributed by atoms with Gasteiger partial charge in [-0.3, -0.25) is 4.79 Å². The van der Waals surface area contributed by atoms with Crippen LogP contribution in [0.5, 0.6) is 0 Å². The third kappa shape index (κ3) is 5.03. The molecule has 0 saturated heterocycles. The standard InChI is InChI=1S/C16H24N2O/c1-2-9-18-16(19)8-10-17-12-13-4-3-5-15(11-13)14-6-7-14/h3-5,11,14,17H,2,6-10,12H2,1H3,(H,18,19). The lowest BCUT2D eigenvalue weighted by Gasteiger charge is -2.07. The topological polar surface area (TPSA) is 41.1 Å². The Hall–Kier alpha value is -1.35. The SMILES string of the molecule is CCCNC(=O)CCNCc1cccc(C2CC2)c1. The largest absolute Gasteiger partial charge is 0.356 e. The summed E-state index contributed by atoms with van der Waals surface area (Å²) in [6, 6.07) is 8.80. The molecular formula is C16H24N2O. The fraction of sp³-hybridized carbons (Fsp3) is 0.562. The van der Waals surface area contributed by atoms with Gasteiger partial charge in [0.15, 0.2) is 0 Å². The first kappa shape index (κ1) is 14.1. The molecule has 0 spiro atoms. The van der Waals surface area contributed by atoms with E-state index < -0.39 is 0 Å². The van der Waals surface area contributed by atoms with Crippen LogP contribution in [0, 0.1) is 0 Å². The molecule has 0 aliphatic heterocycles. The van der Waals surface area contributed by atoms with Gasteiger partial charge in [-0.1, -0.05) is 31.2 Å². The molecule has 0 unspecified atom stereocenters. The molecule has 3 heteroatoms. The molecule has 1 aliphatic rings. The predicted molar refractivity (Wildman–Crippen MR) is 78.0 cm³/mol. The Bertz CT molecular complexity index is 413. The molecule has 2 rings (SSSR count). The fourth-order valence-electron chi connectivity index (χ4n) is 2.16. The molecule has 0 aromatic heterocycles. The highest BCUT2D eigenvalue weighted by Gasteiger charge is 2.23. The second kappa shape index (κ2) is 7.29. The van der Waals surface area contributed by atoms with Crippen LogP contribution < -0.4 is 10.6 Å². The number of rotatable bonds is 8. The molecule has 1 aromatic carbocycles. The normalized spacial score (nSPS) is 14.4. The average molecular weight is 260 g/mol. The summed E-state index contributed by atoms with van der Waals surface area (Å²) < 4.78 is 0. The summed E-state index contributed by atoms with van der Waals surface area (Å²) in [5.74, 6) is 0.945. The van der Waals surface area contributed by atoms with Crippen LogP contribution >= 0.6 is 0 Å².